The molecule has 0 heterocycles. The Labute approximate surface area is 103 Å². The minimum Gasteiger partial charge on any atom is -0.508 e. The van der Waals surface area contributed by atoms with Crippen molar-refractivity contribution in [2.75, 3.05) is 0 Å². The molecule has 18 heavy (non-hydrogen) atoms. The Morgan fingerprint density at radius 1 is 1.00 bits per heavy atom. The summed E-state index contributed by atoms with van der Waals surface area (Å²) in [6, 6.07) is 9.61. The van der Waals surface area contributed by atoms with Gasteiger partial charge in [-0.2, -0.15) is 0 Å². The van der Waals surface area contributed by atoms with E-state index in [1.807, 2.05) is 0 Å². The van der Waals surface area contributed by atoms with Crippen molar-refractivity contribution in [3.63, 3.8) is 0 Å². The molecule has 0 fully saturated rings. The molecular formula is C13H10O5. The number of phenols is 2. The topological polar surface area (TPSA) is 87.0 Å². The Kier molecular flexibility index (Phi) is 3.05. The highest BCUT2D eigenvalue weighted by molar-refractivity contribution is 5.88. The van der Waals surface area contributed by atoms with Crippen LogP contribution in [0, 0.1) is 0 Å². The van der Waals surface area contributed by atoms with Crippen molar-refractivity contribution in [2.24, 2.45) is 0 Å². The molecule has 0 radical (unpaired) electrons. The lowest BCUT2D eigenvalue weighted by Gasteiger charge is -2.08. The largest absolute Gasteiger partial charge is 0.508 e. The number of ether oxygens (including phenoxy) is 1. The number of carboxylic acid groups (broad SMARTS) is 1. The number of rotatable bonds is 3. The van der Waals surface area contributed by atoms with Gasteiger partial charge in [-0.3, -0.25) is 0 Å². The predicted octanol–water partition coefficient (Wildman–Crippen LogP) is 2.59. The molecule has 0 aromatic heterocycles. The van der Waals surface area contributed by atoms with Gasteiger partial charge >= 0.3 is 5.97 Å². The fourth-order valence-corrected chi connectivity index (χ4v) is 1.37. The highest BCUT2D eigenvalue weighted by atomic mass is 16.5. The molecule has 0 aliphatic heterocycles. The smallest absolute Gasteiger partial charge is 0.335 e. The number of carbonyl (C=O) groups is 1. The molecule has 0 atom stereocenters. The van der Waals surface area contributed by atoms with E-state index in [4.69, 9.17) is 14.9 Å². The summed E-state index contributed by atoms with van der Waals surface area (Å²) in [6.45, 7) is 0. The maximum Gasteiger partial charge on any atom is 0.335 e. The van der Waals surface area contributed by atoms with E-state index < -0.39 is 5.97 Å². The third-order valence-electron chi connectivity index (χ3n) is 2.27. The minimum atomic E-state index is -1.11. The molecule has 2 aromatic carbocycles. The molecule has 5 nitrogen and oxygen atoms in total. The van der Waals surface area contributed by atoms with E-state index in [1.165, 1.54) is 42.5 Å². The third-order valence-corrected chi connectivity index (χ3v) is 2.27. The Hall–Kier alpha value is -2.69. The summed E-state index contributed by atoms with van der Waals surface area (Å²) in [5, 5.41) is 27.5. The van der Waals surface area contributed by atoms with Gasteiger partial charge in [0.1, 0.15) is 11.5 Å². The van der Waals surface area contributed by atoms with Crippen LogP contribution in [0.3, 0.4) is 0 Å². The molecule has 2 rings (SSSR count). The summed E-state index contributed by atoms with van der Waals surface area (Å²) >= 11 is 0. The van der Waals surface area contributed by atoms with Crippen LogP contribution in [-0.4, -0.2) is 21.3 Å². The van der Waals surface area contributed by atoms with Crippen LogP contribution in [0.15, 0.2) is 42.5 Å². The second kappa shape index (κ2) is 4.67. The Balaban J connectivity index is 2.30. The quantitative estimate of drug-likeness (QED) is 0.774. The van der Waals surface area contributed by atoms with Crippen LogP contribution >= 0.6 is 0 Å². The van der Waals surface area contributed by atoms with Crippen LogP contribution in [-0.2, 0) is 0 Å². The highest BCUT2D eigenvalue weighted by Crippen LogP contribution is 2.32. The van der Waals surface area contributed by atoms with Crippen molar-refractivity contribution < 1.29 is 24.9 Å². The first-order valence-electron chi connectivity index (χ1n) is 5.09. The predicted molar refractivity (Wildman–Crippen MR) is 63.2 cm³/mol. The zero-order chi connectivity index (χ0) is 13.1. The van der Waals surface area contributed by atoms with Gasteiger partial charge in [-0.15, -0.1) is 0 Å². The maximum atomic E-state index is 10.8. The van der Waals surface area contributed by atoms with E-state index in [1.54, 1.807) is 0 Å². The molecule has 0 spiro atoms. The van der Waals surface area contributed by atoms with Crippen molar-refractivity contribution in [3.05, 3.63) is 48.0 Å². The molecule has 0 aliphatic carbocycles. The van der Waals surface area contributed by atoms with Gasteiger partial charge in [-0.1, -0.05) is 0 Å². The zero-order valence-electron chi connectivity index (χ0n) is 9.20. The average Bonchev–Trinajstić information content (AvgIpc) is 2.34. The normalized spacial score (nSPS) is 10.0. The summed E-state index contributed by atoms with van der Waals surface area (Å²) in [5.41, 5.74) is 0.0154. The number of benzene rings is 2. The molecule has 0 saturated carbocycles. The zero-order valence-corrected chi connectivity index (χ0v) is 9.20. The van der Waals surface area contributed by atoms with Crippen molar-refractivity contribution in [1.29, 1.82) is 0 Å². The third kappa shape index (κ3) is 2.52. The number of hydrogen-bond donors (Lipinski definition) is 3. The van der Waals surface area contributed by atoms with Crippen molar-refractivity contribution >= 4 is 5.97 Å². The van der Waals surface area contributed by atoms with E-state index in [0.717, 1.165) is 0 Å². The van der Waals surface area contributed by atoms with Gasteiger partial charge in [-0.25, -0.2) is 4.79 Å². The SMILES string of the molecule is O=C(O)c1ccc(O)c(Oc2ccc(O)cc2)c1. The molecule has 0 amide bonds. The number of aromatic hydroxyl groups is 2. The lowest BCUT2D eigenvalue weighted by atomic mass is 10.2. The van der Waals surface area contributed by atoms with Crippen LogP contribution in [0.4, 0.5) is 0 Å². The fraction of sp³-hybridized carbons (Fsp3) is 0. The molecule has 2 aromatic rings. The molecule has 0 unspecified atom stereocenters. The number of phenolic OH excluding ortho intramolecular Hbond substituents is 2. The summed E-state index contributed by atoms with van der Waals surface area (Å²) in [7, 11) is 0. The second-order valence-electron chi connectivity index (χ2n) is 3.58. The van der Waals surface area contributed by atoms with Crippen LogP contribution in [0.5, 0.6) is 23.0 Å². The first-order chi connectivity index (χ1) is 8.56. The second-order valence-corrected chi connectivity index (χ2v) is 3.58. The molecule has 5 heteroatoms. The van der Waals surface area contributed by atoms with Gasteiger partial charge in [0.05, 0.1) is 5.56 Å². The van der Waals surface area contributed by atoms with E-state index in [2.05, 4.69) is 0 Å². The number of carboxylic acids is 1. The maximum absolute atomic E-state index is 10.8. The van der Waals surface area contributed by atoms with Gasteiger partial charge in [0.2, 0.25) is 0 Å². The summed E-state index contributed by atoms with van der Waals surface area (Å²) in [4.78, 5) is 10.8. The van der Waals surface area contributed by atoms with Crippen molar-refractivity contribution in [3.8, 4) is 23.0 Å². The minimum absolute atomic E-state index is 0.0154. The summed E-state index contributed by atoms with van der Waals surface area (Å²) < 4.78 is 5.33. The van der Waals surface area contributed by atoms with E-state index in [0.29, 0.717) is 5.75 Å². The summed E-state index contributed by atoms with van der Waals surface area (Å²) in [5.74, 6) is -0.754. The van der Waals surface area contributed by atoms with Crippen molar-refractivity contribution in [2.45, 2.75) is 0 Å². The molecule has 3 N–H and O–H groups in total. The van der Waals surface area contributed by atoms with Crippen LogP contribution < -0.4 is 4.74 Å². The molecule has 0 bridgehead atoms. The molecule has 0 saturated heterocycles. The molecule has 92 valence electrons. The van der Waals surface area contributed by atoms with Gasteiger partial charge in [-0.05, 0) is 42.5 Å². The lowest BCUT2D eigenvalue weighted by molar-refractivity contribution is 0.0696. The van der Waals surface area contributed by atoms with Gasteiger partial charge < -0.3 is 20.1 Å². The van der Waals surface area contributed by atoms with Crippen LogP contribution in [0.1, 0.15) is 10.4 Å². The van der Waals surface area contributed by atoms with Crippen molar-refractivity contribution in [1.82, 2.24) is 0 Å². The van der Waals surface area contributed by atoms with Crippen LogP contribution in [0.2, 0.25) is 0 Å². The number of aromatic carboxylic acids is 1. The average molecular weight is 246 g/mol. The van der Waals surface area contributed by atoms with E-state index in [-0.39, 0.29) is 22.8 Å². The summed E-state index contributed by atoms with van der Waals surface area (Å²) in [6.07, 6.45) is 0. The van der Waals surface area contributed by atoms with Gasteiger partial charge in [0.15, 0.2) is 11.5 Å². The monoisotopic (exact) mass is 246 g/mol. The first kappa shape index (κ1) is 11.8. The molecule has 0 aliphatic rings. The van der Waals surface area contributed by atoms with Crippen LogP contribution in [0.25, 0.3) is 0 Å². The standard InChI is InChI=1S/C13H10O5/c14-9-2-4-10(5-3-9)18-12-7-8(13(16)17)1-6-11(12)15/h1-7,14-15H,(H,16,17). The Morgan fingerprint density at radius 2 is 1.67 bits per heavy atom. The Bertz CT molecular complexity index is 574. The van der Waals surface area contributed by atoms with Gasteiger partial charge in [0, 0.05) is 0 Å². The highest BCUT2D eigenvalue weighted by Gasteiger charge is 2.09. The molecular weight excluding hydrogens is 236 g/mol. The van der Waals surface area contributed by atoms with E-state index >= 15 is 0 Å². The fourth-order valence-electron chi connectivity index (χ4n) is 1.37. The Morgan fingerprint density at radius 3 is 2.28 bits per heavy atom. The lowest BCUT2D eigenvalue weighted by Crippen LogP contribution is -1.96. The number of hydrogen-bond acceptors (Lipinski definition) is 4. The first-order valence-corrected chi connectivity index (χ1v) is 5.09. The van der Waals surface area contributed by atoms with Gasteiger partial charge in [0.25, 0.3) is 0 Å². The van der Waals surface area contributed by atoms with E-state index in [9.17, 15) is 9.90 Å².